The van der Waals surface area contributed by atoms with Gasteiger partial charge in [-0.1, -0.05) is 41.9 Å². The maximum absolute atomic E-state index is 6.05. The van der Waals surface area contributed by atoms with Gasteiger partial charge < -0.3 is 0 Å². The minimum Gasteiger partial charge on any atom is -0.267 e. The first-order chi connectivity index (χ1) is 8.25. The van der Waals surface area contributed by atoms with Crippen LogP contribution in [0.2, 0.25) is 5.02 Å². The van der Waals surface area contributed by atoms with Crippen molar-refractivity contribution in [3.63, 3.8) is 0 Å². The normalized spacial score (nSPS) is 10.9. The van der Waals surface area contributed by atoms with Crippen LogP contribution in [0.5, 0.6) is 0 Å². The fourth-order valence-corrected chi connectivity index (χ4v) is 2.22. The highest BCUT2D eigenvalue weighted by Crippen LogP contribution is 2.29. The van der Waals surface area contributed by atoms with Crippen molar-refractivity contribution >= 4 is 22.5 Å². The Morgan fingerprint density at radius 2 is 1.82 bits per heavy atom. The third kappa shape index (κ3) is 1.71. The van der Waals surface area contributed by atoms with E-state index >= 15 is 0 Å². The van der Waals surface area contributed by atoms with Crippen molar-refractivity contribution in [2.45, 2.75) is 0 Å². The molecule has 0 radical (unpaired) electrons. The summed E-state index contributed by atoms with van der Waals surface area (Å²) in [5, 5.41) is 6.39. The summed E-state index contributed by atoms with van der Waals surface area (Å²) in [6, 6.07) is 16.0. The van der Waals surface area contributed by atoms with Gasteiger partial charge in [0.25, 0.3) is 0 Å². The number of aromatic nitrogens is 2. The SMILES string of the molecule is Cn1nc(-c2ccccc2)c2cc(Cl)ccc21. The van der Waals surface area contributed by atoms with Crippen molar-refractivity contribution in [3.05, 3.63) is 53.6 Å². The number of halogens is 1. The molecule has 0 spiro atoms. The smallest absolute Gasteiger partial charge is 0.100 e. The Labute approximate surface area is 104 Å². The van der Waals surface area contributed by atoms with Gasteiger partial charge in [-0.2, -0.15) is 5.10 Å². The van der Waals surface area contributed by atoms with Crippen molar-refractivity contribution in [1.82, 2.24) is 9.78 Å². The first-order valence-corrected chi connectivity index (χ1v) is 5.81. The Balaban J connectivity index is 2.34. The summed E-state index contributed by atoms with van der Waals surface area (Å²) in [5.41, 5.74) is 3.18. The lowest BCUT2D eigenvalue weighted by Crippen LogP contribution is -1.89. The fourth-order valence-electron chi connectivity index (χ4n) is 2.05. The van der Waals surface area contributed by atoms with Gasteiger partial charge in [-0.05, 0) is 18.2 Å². The maximum Gasteiger partial charge on any atom is 0.100 e. The lowest BCUT2D eigenvalue weighted by Gasteiger charge is -1.97. The van der Waals surface area contributed by atoms with Crippen LogP contribution in [0.25, 0.3) is 22.2 Å². The minimum absolute atomic E-state index is 0.739. The molecule has 84 valence electrons. The van der Waals surface area contributed by atoms with E-state index in [0.717, 1.165) is 27.2 Å². The molecule has 0 fully saturated rings. The van der Waals surface area contributed by atoms with Crippen LogP contribution >= 0.6 is 11.6 Å². The van der Waals surface area contributed by atoms with Crippen molar-refractivity contribution in [1.29, 1.82) is 0 Å². The summed E-state index contributed by atoms with van der Waals surface area (Å²) >= 11 is 6.05. The van der Waals surface area contributed by atoms with Crippen molar-refractivity contribution in [2.75, 3.05) is 0 Å². The number of hydrogen-bond donors (Lipinski definition) is 0. The first kappa shape index (κ1) is 10.4. The monoisotopic (exact) mass is 242 g/mol. The van der Waals surface area contributed by atoms with Gasteiger partial charge >= 0.3 is 0 Å². The molecule has 17 heavy (non-hydrogen) atoms. The molecule has 0 atom stereocenters. The van der Waals surface area contributed by atoms with E-state index in [4.69, 9.17) is 11.6 Å². The standard InChI is InChI=1S/C14H11ClN2/c1-17-13-8-7-11(15)9-12(13)14(16-17)10-5-3-2-4-6-10/h2-9H,1H3. The molecule has 1 aromatic heterocycles. The summed E-state index contributed by atoms with van der Waals surface area (Å²) in [4.78, 5) is 0. The molecule has 3 heteroatoms. The zero-order valence-electron chi connectivity index (χ0n) is 9.39. The van der Waals surface area contributed by atoms with Crippen molar-refractivity contribution < 1.29 is 0 Å². The Kier molecular flexibility index (Phi) is 2.37. The van der Waals surface area contributed by atoms with Gasteiger partial charge in [-0.25, -0.2) is 0 Å². The molecule has 0 saturated carbocycles. The first-order valence-electron chi connectivity index (χ1n) is 5.43. The largest absolute Gasteiger partial charge is 0.267 e. The molecule has 0 aliphatic rings. The van der Waals surface area contributed by atoms with E-state index in [1.54, 1.807) is 0 Å². The van der Waals surface area contributed by atoms with E-state index in [1.165, 1.54) is 0 Å². The van der Waals surface area contributed by atoms with Gasteiger partial charge in [-0.15, -0.1) is 0 Å². The van der Waals surface area contributed by atoms with Crippen LogP contribution in [0.3, 0.4) is 0 Å². The lowest BCUT2D eigenvalue weighted by atomic mass is 10.1. The molecular formula is C14H11ClN2. The minimum atomic E-state index is 0.739. The van der Waals surface area contributed by atoms with Crippen LogP contribution in [0.4, 0.5) is 0 Å². The summed E-state index contributed by atoms with van der Waals surface area (Å²) in [6.07, 6.45) is 0. The van der Waals surface area contributed by atoms with Gasteiger partial charge in [0.2, 0.25) is 0 Å². The average molecular weight is 243 g/mol. The Hall–Kier alpha value is -1.80. The quantitative estimate of drug-likeness (QED) is 0.633. The van der Waals surface area contributed by atoms with Crippen LogP contribution < -0.4 is 0 Å². The Bertz CT molecular complexity index is 671. The number of benzene rings is 2. The number of hydrogen-bond acceptors (Lipinski definition) is 1. The molecule has 0 aliphatic heterocycles. The average Bonchev–Trinajstić information content (AvgIpc) is 2.67. The molecule has 3 rings (SSSR count). The summed E-state index contributed by atoms with van der Waals surface area (Å²) in [5.74, 6) is 0. The van der Waals surface area contributed by atoms with E-state index in [0.29, 0.717) is 0 Å². The second-order valence-electron chi connectivity index (χ2n) is 4.00. The number of rotatable bonds is 1. The molecule has 0 unspecified atom stereocenters. The Morgan fingerprint density at radius 1 is 1.06 bits per heavy atom. The molecule has 0 amide bonds. The molecule has 2 nitrogen and oxygen atoms in total. The molecule has 3 aromatic rings. The van der Waals surface area contributed by atoms with Crippen LogP contribution in [-0.2, 0) is 7.05 Å². The van der Waals surface area contributed by atoms with Crippen LogP contribution in [0.1, 0.15) is 0 Å². The van der Waals surface area contributed by atoms with Crippen LogP contribution in [0.15, 0.2) is 48.5 Å². The van der Waals surface area contributed by atoms with E-state index in [2.05, 4.69) is 17.2 Å². The van der Waals surface area contributed by atoms with E-state index in [-0.39, 0.29) is 0 Å². The lowest BCUT2D eigenvalue weighted by molar-refractivity contribution is 0.800. The maximum atomic E-state index is 6.05. The zero-order valence-corrected chi connectivity index (χ0v) is 10.1. The molecule has 1 heterocycles. The third-order valence-electron chi connectivity index (χ3n) is 2.86. The second kappa shape index (κ2) is 3.90. The Morgan fingerprint density at radius 3 is 2.59 bits per heavy atom. The van der Waals surface area contributed by atoms with Gasteiger partial charge in [0, 0.05) is 23.0 Å². The van der Waals surface area contributed by atoms with E-state index < -0.39 is 0 Å². The summed E-state index contributed by atoms with van der Waals surface area (Å²) in [7, 11) is 1.95. The summed E-state index contributed by atoms with van der Waals surface area (Å²) < 4.78 is 1.88. The fraction of sp³-hybridized carbons (Fsp3) is 0.0714. The van der Waals surface area contributed by atoms with Crippen LogP contribution in [-0.4, -0.2) is 9.78 Å². The van der Waals surface area contributed by atoms with Gasteiger partial charge in [-0.3, -0.25) is 4.68 Å². The van der Waals surface area contributed by atoms with E-state index in [9.17, 15) is 0 Å². The summed E-state index contributed by atoms with van der Waals surface area (Å²) in [6.45, 7) is 0. The van der Waals surface area contributed by atoms with Crippen LogP contribution in [0, 0.1) is 0 Å². The highest BCUT2D eigenvalue weighted by atomic mass is 35.5. The molecule has 0 bridgehead atoms. The second-order valence-corrected chi connectivity index (χ2v) is 4.44. The molecular weight excluding hydrogens is 232 g/mol. The third-order valence-corrected chi connectivity index (χ3v) is 3.09. The van der Waals surface area contributed by atoms with E-state index in [1.807, 2.05) is 48.1 Å². The van der Waals surface area contributed by atoms with Crippen molar-refractivity contribution in [2.24, 2.45) is 7.05 Å². The highest BCUT2D eigenvalue weighted by Gasteiger charge is 2.10. The molecule has 2 aromatic carbocycles. The predicted octanol–water partition coefficient (Wildman–Crippen LogP) is 3.89. The van der Waals surface area contributed by atoms with Gasteiger partial charge in [0.1, 0.15) is 5.69 Å². The number of aryl methyl sites for hydroxylation is 1. The molecule has 0 saturated heterocycles. The van der Waals surface area contributed by atoms with Crippen molar-refractivity contribution in [3.8, 4) is 11.3 Å². The number of fused-ring (bicyclic) bond motifs is 1. The number of nitrogens with zero attached hydrogens (tertiary/aromatic N) is 2. The zero-order chi connectivity index (χ0) is 11.8. The molecule has 0 N–H and O–H groups in total. The van der Waals surface area contributed by atoms with Gasteiger partial charge in [0.15, 0.2) is 0 Å². The topological polar surface area (TPSA) is 17.8 Å². The predicted molar refractivity (Wildman–Crippen MR) is 71.2 cm³/mol. The molecule has 0 aliphatic carbocycles. The highest BCUT2D eigenvalue weighted by molar-refractivity contribution is 6.31. The van der Waals surface area contributed by atoms with Gasteiger partial charge in [0.05, 0.1) is 5.52 Å².